The van der Waals surface area contributed by atoms with Crippen LogP contribution in [-0.2, 0) is 24.5 Å². The Hall–Kier alpha value is -1.91. The van der Waals surface area contributed by atoms with Crippen molar-refractivity contribution in [1.82, 2.24) is 4.90 Å². The van der Waals surface area contributed by atoms with E-state index >= 15 is 4.39 Å². The fourth-order valence-electron chi connectivity index (χ4n) is 4.35. The molecule has 0 spiro atoms. The molecule has 3 atom stereocenters. The fraction of sp³-hybridized carbons (Fsp3) is 0.654. The number of hydrogen-bond donors (Lipinski definition) is 0. The monoisotopic (exact) mass is 538 g/mol. The predicted molar refractivity (Wildman–Crippen MR) is 143 cm³/mol. The number of esters is 1. The Bertz CT molecular complexity index is 1050. The molecule has 1 aliphatic heterocycles. The summed E-state index contributed by atoms with van der Waals surface area (Å²) < 4.78 is 31.2. The molecular weight excluding hydrogens is 499 g/mol. The maximum Gasteiger partial charge on any atom is 0.418 e. The highest BCUT2D eigenvalue weighted by molar-refractivity contribution is 8.15. The molecule has 0 bridgehead atoms. The molecule has 0 unspecified atom stereocenters. The van der Waals surface area contributed by atoms with Crippen LogP contribution in [0.3, 0.4) is 0 Å². The summed E-state index contributed by atoms with van der Waals surface area (Å²) in [6.07, 6.45) is -0.173. The van der Waals surface area contributed by atoms with Gasteiger partial charge in [0.2, 0.25) is 0 Å². The Morgan fingerprint density at radius 1 is 1.28 bits per heavy atom. The number of ether oxygens (including phenoxy) is 3. The molecule has 0 radical (unpaired) electrons. The summed E-state index contributed by atoms with van der Waals surface area (Å²) in [5.41, 5.74) is -0.947. The van der Waals surface area contributed by atoms with Crippen molar-refractivity contribution < 1.29 is 28.2 Å². The molecule has 1 fully saturated rings. The number of nitrogens with zero attached hydrogens (tertiary/aromatic N) is 2. The average Bonchev–Trinajstić information content (AvgIpc) is 3.50. The molecule has 1 saturated carbocycles. The lowest BCUT2D eigenvalue weighted by molar-refractivity contribution is -0.141. The van der Waals surface area contributed by atoms with Gasteiger partial charge in [0.1, 0.15) is 22.9 Å². The van der Waals surface area contributed by atoms with E-state index in [-0.39, 0.29) is 23.6 Å². The molecule has 0 N–H and O–H groups in total. The number of methoxy groups -OCH3 is 1. The first-order valence-corrected chi connectivity index (χ1v) is 16.8. The van der Waals surface area contributed by atoms with Gasteiger partial charge in [0.25, 0.3) is 0 Å². The Labute approximate surface area is 219 Å². The van der Waals surface area contributed by atoms with E-state index in [4.69, 9.17) is 19.2 Å². The zero-order valence-corrected chi connectivity index (χ0v) is 24.7. The Balaban J connectivity index is 2.05. The quantitative estimate of drug-likeness (QED) is 0.185. The van der Waals surface area contributed by atoms with Crippen molar-refractivity contribution >= 4 is 37.1 Å². The van der Waals surface area contributed by atoms with Gasteiger partial charge in [-0.1, -0.05) is 49.6 Å². The minimum Gasteiger partial charge on any atom is -0.468 e. The van der Waals surface area contributed by atoms with E-state index in [1.807, 2.05) is 6.92 Å². The number of rotatable bonds is 7. The minimum atomic E-state index is -1.35. The lowest BCUT2D eigenvalue weighted by Crippen LogP contribution is -2.47. The van der Waals surface area contributed by atoms with Crippen LogP contribution in [0.2, 0.25) is 25.7 Å². The molecule has 10 heteroatoms. The van der Waals surface area contributed by atoms with Crippen LogP contribution in [0.4, 0.5) is 9.18 Å². The van der Waals surface area contributed by atoms with Crippen LogP contribution >= 0.6 is 11.8 Å². The third-order valence-electron chi connectivity index (χ3n) is 6.52. The molecule has 200 valence electrons. The lowest BCUT2D eigenvalue weighted by Gasteiger charge is -2.37. The molecule has 7 nitrogen and oxygen atoms in total. The summed E-state index contributed by atoms with van der Waals surface area (Å²) in [6, 6.07) is 6.10. The zero-order chi connectivity index (χ0) is 27.1. The molecule has 1 aliphatic carbocycles. The normalized spacial score (nSPS) is 25.5. The van der Waals surface area contributed by atoms with Crippen LogP contribution in [0.15, 0.2) is 23.2 Å². The molecule has 1 aromatic carbocycles. The molecule has 2 aliphatic rings. The van der Waals surface area contributed by atoms with Crippen LogP contribution < -0.4 is 0 Å². The van der Waals surface area contributed by atoms with Crippen molar-refractivity contribution in [2.75, 3.05) is 20.4 Å². The van der Waals surface area contributed by atoms with Crippen LogP contribution in [0.5, 0.6) is 0 Å². The second-order valence-electron chi connectivity index (χ2n) is 12.0. The lowest BCUT2D eigenvalue weighted by atomic mass is 9.85. The van der Waals surface area contributed by atoms with Gasteiger partial charge in [0, 0.05) is 26.2 Å². The number of aliphatic imine (C=N–C) groups is 1. The SMILES string of the molecule is COC(=O)[C@]12C[C@H]1[C@@](C)(c1cccc(C)c1F)N=C(N(COCC[Si](C)(C)C)C(=O)OC(C)(C)C)S2. The van der Waals surface area contributed by atoms with Gasteiger partial charge in [-0.25, -0.2) is 14.1 Å². The van der Waals surface area contributed by atoms with E-state index in [1.54, 1.807) is 45.9 Å². The highest BCUT2D eigenvalue weighted by atomic mass is 32.2. The average molecular weight is 539 g/mol. The number of halogens is 1. The van der Waals surface area contributed by atoms with E-state index in [9.17, 15) is 9.59 Å². The number of benzene rings is 1. The first kappa shape index (κ1) is 28.7. The van der Waals surface area contributed by atoms with Crippen LogP contribution in [0, 0.1) is 18.7 Å². The van der Waals surface area contributed by atoms with Crippen LogP contribution in [-0.4, -0.2) is 61.0 Å². The standard InChI is InChI=1S/C26H39FN2O5SSi/c1-17-11-10-12-18(20(17)27)25(5)19-15-26(19,21(30)32-6)35-22(28-25)29(23(31)34-24(2,3)4)16-33-13-14-36(7,8)9/h10-12,19H,13-16H2,1-9H3/t19-,25+,26-/m0/s1. The summed E-state index contributed by atoms with van der Waals surface area (Å²) in [4.78, 5) is 32.6. The van der Waals surface area contributed by atoms with Crippen LogP contribution in [0.25, 0.3) is 0 Å². The Kier molecular flexibility index (Phi) is 8.04. The van der Waals surface area contributed by atoms with Gasteiger partial charge < -0.3 is 14.2 Å². The van der Waals surface area contributed by atoms with Gasteiger partial charge in [-0.15, -0.1) is 0 Å². The number of carbonyl (C=O) groups is 2. The summed E-state index contributed by atoms with van der Waals surface area (Å²) in [6.45, 7) is 16.0. The van der Waals surface area contributed by atoms with Gasteiger partial charge in [-0.3, -0.25) is 9.79 Å². The number of amidine groups is 1. The number of hydrogen-bond acceptors (Lipinski definition) is 7. The number of fused-ring (bicyclic) bond motifs is 1. The molecule has 0 saturated heterocycles. The molecular formula is C26H39FN2O5SSi. The maximum atomic E-state index is 15.4. The first-order valence-electron chi connectivity index (χ1n) is 12.3. The number of carbonyl (C=O) groups excluding carboxylic acids is 2. The van der Waals surface area contributed by atoms with E-state index in [0.717, 1.165) is 6.04 Å². The van der Waals surface area contributed by atoms with E-state index < -0.39 is 36.0 Å². The Morgan fingerprint density at radius 3 is 2.53 bits per heavy atom. The molecule has 1 aromatic rings. The van der Waals surface area contributed by atoms with Crippen molar-refractivity contribution in [2.24, 2.45) is 10.9 Å². The van der Waals surface area contributed by atoms with Gasteiger partial charge in [0.05, 0.1) is 12.6 Å². The second kappa shape index (κ2) is 10.1. The van der Waals surface area contributed by atoms with E-state index in [1.165, 1.54) is 23.8 Å². The number of amides is 1. The smallest absolute Gasteiger partial charge is 0.418 e. The van der Waals surface area contributed by atoms with Gasteiger partial charge >= 0.3 is 12.1 Å². The number of aryl methyl sites for hydroxylation is 1. The van der Waals surface area contributed by atoms with Gasteiger partial charge in [-0.2, -0.15) is 0 Å². The third kappa shape index (κ3) is 5.97. The highest BCUT2D eigenvalue weighted by Gasteiger charge is 2.72. The molecule has 1 amide bonds. The van der Waals surface area contributed by atoms with Crippen molar-refractivity contribution in [1.29, 1.82) is 0 Å². The maximum absolute atomic E-state index is 15.4. The topological polar surface area (TPSA) is 77.4 Å². The Morgan fingerprint density at radius 2 is 1.94 bits per heavy atom. The summed E-state index contributed by atoms with van der Waals surface area (Å²) in [5.74, 6) is -1.06. The molecule has 36 heavy (non-hydrogen) atoms. The van der Waals surface area contributed by atoms with Crippen molar-refractivity contribution in [3.8, 4) is 0 Å². The van der Waals surface area contributed by atoms with Crippen molar-refractivity contribution in [3.63, 3.8) is 0 Å². The zero-order valence-electron chi connectivity index (χ0n) is 22.9. The molecule has 0 aromatic heterocycles. The number of thioether (sulfide) groups is 1. The predicted octanol–water partition coefficient (Wildman–Crippen LogP) is 5.93. The minimum absolute atomic E-state index is 0.0838. The first-order chi connectivity index (χ1) is 16.5. The largest absolute Gasteiger partial charge is 0.468 e. The molecule has 1 heterocycles. The second-order valence-corrected chi connectivity index (χ2v) is 18.9. The highest BCUT2D eigenvalue weighted by Crippen LogP contribution is 2.67. The van der Waals surface area contributed by atoms with Gasteiger partial charge in [0.15, 0.2) is 5.17 Å². The molecule has 3 rings (SSSR count). The van der Waals surface area contributed by atoms with E-state index in [2.05, 4.69) is 19.6 Å². The van der Waals surface area contributed by atoms with Crippen molar-refractivity contribution in [2.45, 2.75) is 82.6 Å². The summed E-state index contributed by atoms with van der Waals surface area (Å²) >= 11 is 1.18. The van der Waals surface area contributed by atoms with Gasteiger partial charge in [-0.05, 0) is 52.6 Å². The summed E-state index contributed by atoms with van der Waals surface area (Å²) in [7, 11) is -0.00576. The summed E-state index contributed by atoms with van der Waals surface area (Å²) in [5, 5.41) is 0.264. The van der Waals surface area contributed by atoms with Crippen LogP contribution in [0.1, 0.15) is 45.2 Å². The fourth-order valence-corrected chi connectivity index (χ4v) is 6.69. The van der Waals surface area contributed by atoms with E-state index in [0.29, 0.717) is 24.2 Å². The van der Waals surface area contributed by atoms with Crippen molar-refractivity contribution in [3.05, 3.63) is 35.1 Å². The third-order valence-corrected chi connectivity index (χ3v) is 9.70.